The third kappa shape index (κ3) is 5.78. The molecule has 36 heavy (non-hydrogen) atoms. The number of halogens is 3. The molecule has 0 bridgehead atoms. The number of hydrogen-bond acceptors (Lipinski definition) is 5. The van der Waals surface area contributed by atoms with Crippen LogP contribution in [0, 0.1) is 23.4 Å². The van der Waals surface area contributed by atoms with Crippen LogP contribution in [0.3, 0.4) is 0 Å². The van der Waals surface area contributed by atoms with Crippen molar-refractivity contribution in [1.29, 1.82) is 0 Å². The van der Waals surface area contributed by atoms with Crippen LogP contribution in [0.1, 0.15) is 45.7 Å². The van der Waals surface area contributed by atoms with Gasteiger partial charge >= 0.3 is 5.97 Å². The predicted molar refractivity (Wildman–Crippen MR) is 127 cm³/mol. The topological polar surface area (TPSA) is 105 Å². The zero-order chi connectivity index (χ0) is 25.8. The fourth-order valence-electron chi connectivity index (χ4n) is 4.07. The summed E-state index contributed by atoms with van der Waals surface area (Å²) in [4.78, 5) is 36.0. The first kappa shape index (κ1) is 25.5. The first-order valence-corrected chi connectivity index (χ1v) is 12.2. The zero-order valence-electron chi connectivity index (χ0n) is 19.0. The fourth-order valence-corrected chi connectivity index (χ4v) is 5.03. The molecule has 0 radical (unpaired) electrons. The summed E-state index contributed by atoms with van der Waals surface area (Å²) in [5.41, 5.74) is -0.507. The third-order valence-corrected chi connectivity index (χ3v) is 7.12. The lowest BCUT2D eigenvalue weighted by Crippen LogP contribution is -2.34. The van der Waals surface area contributed by atoms with E-state index < -0.39 is 52.8 Å². The number of aliphatic carboxylic acids is 1. The van der Waals surface area contributed by atoms with E-state index >= 15 is 0 Å². The van der Waals surface area contributed by atoms with Crippen molar-refractivity contribution in [2.45, 2.75) is 31.8 Å². The SMILES string of the molecule is O=C(NCCNC(=O)c1ccc(O[C@H]2CC[C@@H](C(=O)O)CC2)c(F)c1F)c1cc2cc(F)ccc2s1. The highest BCUT2D eigenvalue weighted by atomic mass is 32.1. The van der Waals surface area contributed by atoms with Crippen molar-refractivity contribution in [1.82, 2.24) is 10.6 Å². The second-order valence-corrected chi connectivity index (χ2v) is 9.56. The van der Waals surface area contributed by atoms with E-state index in [9.17, 15) is 27.6 Å². The number of amides is 2. The Bertz CT molecular complexity index is 1300. The van der Waals surface area contributed by atoms with Gasteiger partial charge in [0, 0.05) is 17.8 Å². The largest absolute Gasteiger partial charge is 0.487 e. The number of rotatable bonds is 8. The standard InChI is InChI=1S/C25H23F3N2O5S/c26-15-3-8-19-14(11-15)12-20(36-19)24(32)30-10-9-29-23(31)17-6-7-18(22(28)21(17)27)35-16-4-1-13(2-5-16)25(33)34/h3,6-8,11-13,16H,1-2,4-5,9-10H2,(H,29,31)(H,30,32)(H,33,34)/t13-,16+. The van der Waals surface area contributed by atoms with E-state index in [0.29, 0.717) is 35.9 Å². The minimum absolute atomic E-state index is 0.0315. The molecule has 3 aromatic rings. The van der Waals surface area contributed by atoms with Crippen molar-refractivity contribution in [3.8, 4) is 5.75 Å². The van der Waals surface area contributed by atoms with Gasteiger partial charge in [0.2, 0.25) is 5.82 Å². The Kier molecular flexibility index (Phi) is 7.78. The molecule has 1 heterocycles. The molecule has 0 atom stereocenters. The third-order valence-electron chi connectivity index (χ3n) is 6.01. The number of hydrogen-bond donors (Lipinski definition) is 3. The smallest absolute Gasteiger partial charge is 0.306 e. The average molecular weight is 521 g/mol. The van der Waals surface area contributed by atoms with Crippen LogP contribution in [0.5, 0.6) is 5.75 Å². The van der Waals surface area contributed by atoms with Gasteiger partial charge < -0.3 is 20.5 Å². The maximum absolute atomic E-state index is 14.5. The number of ether oxygens (including phenoxy) is 1. The van der Waals surface area contributed by atoms with Gasteiger partial charge in [0.25, 0.3) is 11.8 Å². The Morgan fingerprint density at radius 3 is 2.31 bits per heavy atom. The summed E-state index contributed by atoms with van der Waals surface area (Å²) in [5.74, 6) is -5.98. The molecule has 1 saturated carbocycles. The number of carbonyl (C=O) groups is 3. The molecule has 4 rings (SSSR count). The number of benzene rings is 2. The van der Waals surface area contributed by atoms with Crippen LogP contribution in [0.4, 0.5) is 13.2 Å². The van der Waals surface area contributed by atoms with Crippen molar-refractivity contribution in [2.24, 2.45) is 5.92 Å². The molecule has 1 aromatic heterocycles. The lowest BCUT2D eigenvalue weighted by molar-refractivity contribution is -0.143. The summed E-state index contributed by atoms with van der Waals surface area (Å²) in [5, 5.41) is 14.7. The quantitative estimate of drug-likeness (QED) is 0.380. The number of carboxylic acids is 1. The second-order valence-electron chi connectivity index (χ2n) is 8.47. The van der Waals surface area contributed by atoms with Crippen molar-refractivity contribution in [3.63, 3.8) is 0 Å². The zero-order valence-corrected chi connectivity index (χ0v) is 19.8. The highest BCUT2D eigenvalue weighted by molar-refractivity contribution is 7.20. The summed E-state index contributed by atoms with van der Waals surface area (Å²) in [6, 6.07) is 8.07. The van der Waals surface area contributed by atoms with Gasteiger partial charge in [-0.2, -0.15) is 4.39 Å². The van der Waals surface area contributed by atoms with Gasteiger partial charge in [-0.25, -0.2) is 8.78 Å². The first-order chi connectivity index (χ1) is 17.2. The summed E-state index contributed by atoms with van der Waals surface area (Å²) in [6.45, 7) is 0.00766. The van der Waals surface area contributed by atoms with E-state index in [1.165, 1.54) is 29.5 Å². The van der Waals surface area contributed by atoms with E-state index in [2.05, 4.69) is 10.6 Å². The van der Waals surface area contributed by atoms with Crippen molar-refractivity contribution < 1.29 is 37.4 Å². The van der Waals surface area contributed by atoms with Gasteiger partial charge in [0.05, 0.1) is 22.5 Å². The molecular weight excluding hydrogens is 497 g/mol. The molecular formula is C25H23F3N2O5S. The lowest BCUT2D eigenvalue weighted by Gasteiger charge is -2.27. The van der Waals surface area contributed by atoms with Gasteiger partial charge in [-0.3, -0.25) is 14.4 Å². The lowest BCUT2D eigenvalue weighted by atomic mass is 9.87. The molecule has 1 fully saturated rings. The summed E-state index contributed by atoms with van der Waals surface area (Å²) < 4.78 is 48.7. The van der Waals surface area contributed by atoms with Crippen LogP contribution in [0.2, 0.25) is 0 Å². The molecule has 190 valence electrons. The maximum atomic E-state index is 14.5. The van der Waals surface area contributed by atoms with Crippen molar-refractivity contribution in [2.75, 3.05) is 13.1 Å². The molecule has 11 heteroatoms. The van der Waals surface area contributed by atoms with Crippen LogP contribution >= 0.6 is 11.3 Å². The first-order valence-electron chi connectivity index (χ1n) is 11.4. The Morgan fingerprint density at radius 2 is 1.61 bits per heavy atom. The van der Waals surface area contributed by atoms with Gasteiger partial charge in [-0.1, -0.05) is 0 Å². The van der Waals surface area contributed by atoms with Crippen LogP contribution in [0.15, 0.2) is 36.4 Å². The van der Waals surface area contributed by atoms with Gasteiger partial charge in [0.1, 0.15) is 5.82 Å². The maximum Gasteiger partial charge on any atom is 0.306 e. The number of carboxylic acid groups (broad SMARTS) is 1. The normalized spacial score (nSPS) is 17.5. The van der Waals surface area contributed by atoms with E-state index in [-0.39, 0.29) is 18.8 Å². The number of carbonyl (C=O) groups excluding carboxylic acids is 2. The number of fused-ring (bicyclic) bond motifs is 1. The molecule has 0 unspecified atom stereocenters. The number of thiophene rings is 1. The monoisotopic (exact) mass is 520 g/mol. The highest BCUT2D eigenvalue weighted by Crippen LogP contribution is 2.30. The van der Waals surface area contributed by atoms with Crippen LogP contribution in [-0.4, -0.2) is 42.1 Å². The molecule has 1 aliphatic rings. The summed E-state index contributed by atoms with van der Waals surface area (Å²) in [7, 11) is 0. The minimum Gasteiger partial charge on any atom is -0.487 e. The molecule has 2 aromatic carbocycles. The Balaban J connectivity index is 1.27. The summed E-state index contributed by atoms with van der Waals surface area (Å²) in [6.07, 6.45) is 1.16. The fraction of sp³-hybridized carbons (Fsp3) is 0.320. The van der Waals surface area contributed by atoms with E-state index in [4.69, 9.17) is 9.84 Å². The molecule has 1 aliphatic carbocycles. The predicted octanol–water partition coefficient (Wildman–Crippen LogP) is 4.50. The van der Waals surface area contributed by atoms with Crippen LogP contribution in [-0.2, 0) is 4.79 Å². The Labute approximate surface area is 208 Å². The molecule has 3 N–H and O–H groups in total. The molecule has 0 aliphatic heterocycles. The number of nitrogens with one attached hydrogen (secondary N) is 2. The van der Waals surface area contributed by atoms with Gasteiger partial charge in [-0.05, 0) is 67.5 Å². The van der Waals surface area contributed by atoms with E-state index in [1.54, 1.807) is 12.1 Å². The minimum atomic E-state index is -1.36. The molecule has 7 nitrogen and oxygen atoms in total. The molecule has 0 saturated heterocycles. The van der Waals surface area contributed by atoms with Crippen LogP contribution < -0.4 is 15.4 Å². The summed E-state index contributed by atoms with van der Waals surface area (Å²) >= 11 is 1.20. The Hall–Kier alpha value is -3.60. The van der Waals surface area contributed by atoms with Crippen molar-refractivity contribution >= 4 is 39.2 Å². The van der Waals surface area contributed by atoms with Gasteiger partial charge in [0.15, 0.2) is 11.6 Å². The molecule has 2 amide bonds. The molecule has 0 spiro atoms. The van der Waals surface area contributed by atoms with E-state index in [1.807, 2.05) is 0 Å². The highest BCUT2D eigenvalue weighted by Gasteiger charge is 2.28. The Morgan fingerprint density at radius 1 is 0.917 bits per heavy atom. The van der Waals surface area contributed by atoms with Crippen LogP contribution in [0.25, 0.3) is 10.1 Å². The van der Waals surface area contributed by atoms with Gasteiger partial charge in [-0.15, -0.1) is 11.3 Å². The van der Waals surface area contributed by atoms with E-state index in [0.717, 1.165) is 10.8 Å². The van der Waals surface area contributed by atoms with Crippen molar-refractivity contribution in [3.05, 3.63) is 64.3 Å². The second kappa shape index (κ2) is 11.0. The average Bonchev–Trinajstić information content (AvgIpc) is 3.28.